The highest BCUT2D eigenvalue weighted by Crippen LogP contribution is 2.30. The SMILES string of the molecule is COc1cc2nc(CN(C)Cc3c(F)cccc3Cl)[nH]c(=O)c2cc1OC. The second kappa shape index (κ2) is 7.94. The van der Waals surface area contributed by atoms with Crippen molar-refractivity contribution in [3.63, 3.8) is 0 Å². The minimum Gasteiger partial charge on any atom is -0.493 e. The van der Waals surface area contributed by atoms with E-state index in [0.29, 0.717) is 45.4 Å². The summed E-state index contributed by atoms with van der Waals surface area (Å²) in [6.45, 7) is 0.587. The molecule has 0 spiro atoms. The molecule has 6 nitrogen and oxygen atoms in total. The number of benzene rings is 2. The molecule has 8 heteroatoms. The third-order valence-corrected chi connectivity index (χ3v) is 4.52. The van der Waals surface area contributed by atoms with Gasteiger partial charge in [0, 0.05) is 23.2 Å². The Bertz CT molecular complexity index is 1020. The summed E-state index contributed by atoms with van der Waals surface area (Å²) in [5, 5.41) is 0.759. The van der Waals surface area contributed by atoms with Crippen molar-refractivity contribution in [1.82, 2.24) is 14.9 Å². The summed E-state index contributed by atoms with van der Waals surface area (Å²) in [6, 6.07) is 7.81. The van der Waals surface area contributed by atoms with E-state index in [0.717, 1.165) is 0 Å². The smallest absolute Gasteiger partial charge is 0.258 e. The first-order valence-electron chi connectivity index (χ1n) is 8.19. The van der Waals surface area contributed by atoms with Crippen LogP contribution in [-0.2, 0) is 13.1 Å². The molecular weight excluding hydrogens is 373 g/mol. The number of hydrogen-bond donors (Lipinski definition) is 1. The van der Waals surface area contributed by atoms with E-state index in [1.807, 2.05) is 4.90 Å². The molecule has 27 heavy (non-hydrogen) atoms. The number of H-pyrrole nitrogens is 1. The second-order valence-electron chi connectivity index (χ2n) is 6.11. The number of rotatable bonds is 6. The highest BCUT2D eigenvalue weighted by molar-refractivity contribution is 6.31. The van der Waals surface area contributed by atoms with E-state index in [-0.39, 0.29) is 17.9 Å². The molecule has 0 amide bonds. The lowest BCUT2D eigenvalue weighted by atomic mass is 10.2. The Morgan fingerprint density at radius 2 is 1.89 bits per heavy atom. The summed E-state index contributed by atoms with van der Waals surface area (Å²) in [4.78, 5) is 21.5. The summed E-state index contributed by atoms with van der Waals surface area (Å²) in [7, 11) is 4.81. The topological polar surface area (TPSA) is 67.5 Å². The van der Waals surface area contributed by atoms with Gasteiger partial charge in [0.2, 0.25) is 0 Å². The lowest BCUT2D eigenvalue weighted by Gasteiger charge is -2.17. The van der Waals surface area contributed by atoms with E-state index in [9.17, 15) is 9.18 Å². The molecule has 0 aliphatic rings. The first-order chi connectivity index (χ1) is 12.9. The number of methoxy groups -OCH3 is 2. The van der Waals surface area contributed by atoms with Crippen molar-refractivity contribution in [2.75, 3.05) is 21.3 Å². The molecule has 2 aromatic carbocycles. The Morgan fingerprint density at radius 3 is 2.56 bits per heavy atom. The highest BCUT2D eigenvalue weighted by atomic mass is 35.5. The molecule has 0 fully saturated rings. The Labute approximate surface area is 160 Å². The number of nitrogens with one attached hydrogen (secondary N) is 1. The zero-order chi connectivity index (χ0) is 19.6. The largest absolute Gasteiger partial charge is 0.493 e. The van der Waals surface area contributed by atoms with Crippen molar-refractivity contribution in [3.05, 3.63) is 62.9 Å². The van der Waals surface area contributed by atoms with Crippen molar-refractivity contribution < 1.29 is 13.9 Å². The van der Waals surface area contributed by atoms with E-state index < -0.39 is 0 Å². The molecule has 0 aliphatic heterocycles. The standard InChI is InChI=1S/C19H19ClFN3O3/c1-24(9-12-13(20)5-4-6-14(12)21)10-18-22-15-8-17(27-3)16(26-2)7-11(15)19(25)23-18/h4-8H,9-10H2,1-3H3,(H,22,23,25). The summed E-state index contributed by atoms with van der Waals surface area (Å²) in [6.07, 6.45) is 0. The Balaban J connectivity index is 1.89. The Hall–Kier alpha value is -2.64. The Kier molecular flexibility index (Phi) is 5.62. The van der Waals surface area contributed by atoms with Gasteiger partial charge in [0.05, 0.1) is 31.7 Å². The van der Waals surface area contributed by atoms with Gasteiger partial charge in [-0.15, -0.1) is 0 Å². The van der Waals surface area contributed by atoms with Gasteiger partial charge in [-0.3, -0.25) is 9.69 Å². The van der Waals surface area contributed by atoms with E-state index in [2.05, 4.69) is 9.97 Å². The number of halogens is 2. The lowest BCUT2D eigenvalue weighted by molar-refractivity contribution is 0.305. The van der Waals surface area contributed by atoms with Crippen molar-refractivity contribution >= 4 is 22.5 Å². The minimum absolute atomic E-state index is 0.277. The summed E-state index contributed by atoms with van der Waals surface area (Å²) < 4.78 is 24.5. The predicted molar refractivity (Wildman–Crippen MR) is 102 cm³/mol. The van der Waals surface area contributed by atoms with Crippen LogP contribution in [0.4, 0.5) is 4.39 Å². The van der Waals surface area contributed by atoms with Crippen LogP contribution in [0.1, 0.15) is 11.4 Å². The normalized spacial score (nSPS) is 11.2. The molecule has 0 unspecified atom stereocenters. The van der Waals surface area contributed by atoms with Gasteiger partial charge >= 0.3 is 0 Å². The van der Waals surface area contributed by atoms with Crippen LogP contribution in [0, 0.1) is 5.82 Å². The van der Waals surface area contributed by atoms with Crippen LogP contribution in [0.3, 0.4) is 0 Å². The molecule has 3 rings (SSSR count). The molecule has 0 saturated heterocycles. The summed E-state index contributed by atoms with van der Waals surface area (Å²) in [5.41, 5.74) is 0.605. The first-order valence-corrected chi connectivity index (χ1v) is 8.57. The van der Waals surface area contributed by atoms with Crippen LogP contribution in [0.15, 0.2) is 35.1 Å². The monoisotopic (exact) mass is 391 g/mol. The van der Waals surface area contributed by atoms with Gasteiger partial charge in [-0.05, 0) is 25.2 Å². The van der Waals surface area contributed by atoms with Gasteiger partial charge < -0.3 is 14.5 Å². The van der Waals surface area contributed by atoms with Crippen molar-refractivity contribution in [1.29, 1.82) is 0 Å². The van der Waals surface area contributed by atoms with Crippen molar-refractivity contribution in [3.8, 4) is 11.5 Å². The number of nitrogens with zero attached hydrogens (tertiary/aromatic N) is 2. The third-order valence-electron chi connectivity index (χ3n) is 4.17. The zero-order valence-corrected chi connectivity index (χ0v) is 15.9. The molecule has 0 saturated carbocycles. The van der Waals surface area contributed by atoms with Gasteiger partial charge in [0.25, 0.3) is 5.56 Å². The summed E-state index contributed by atoms with van der Waals surface area (Å²) in [5.74, 6) is 1.03. The number of hydrogen-bond acceptors (Lipinski definition) is 5. The minimum atomic E-state index is -0.369. The average molecular weight is 392 g/mol. The molecule has 1 heterocycles. The lowest BCUT2D eigenvalue weighted by Crippen LogP contribution is -2.22. The number of fused-ring (bicyclic) bond motifs is 1. The highest BCUT2D eigenvalue weighted by Gasteiger charge is 2.14. The number of aromatic amines is 1. The van der Waals surface area contributed by atoms with Crippen LogP contribution in [0.5, 0.6) is 11.5 Å². The first kappa shape index (κ1) is 19.1. The van der Waals surface area contributed by atoms with Gasteiger partial charge in [0.15, 0.2) is 11.5 Å². The van der Waals surface area contributed by atoms with Gasteiger partial charge in [0.1, 0.15) is 11.6 Å². The Morgan fingerprint density at radius 1 is 1.19 bits per heavy atom. The van der Waals surface area contributed by atoms with Gasteiger partial charge in [-0.25, -0.2) is 9.37 Å². The summed E-state index contributed by atoms with van der Waals surface area (Å²) >= 11 is 6.08. The van der Waals surface area contributed by atoms with Crippen molar-refractivity contribution in [2.45, 2.75) is 13.1 Å². The maximum Gasteiger partial charge on any atom is 0.258 e. The van der Waals surface area contributed by atoms with Gasteiger partial charge in [-0.1, -0.05) is 17.7 Å². The quantitative estimate of drug-likeness (QED) is 0.697. The maximum absolute atomic E-state index is 14.0. The fourth-order valence-corrected chi connectivity index (χ4v) is 3.08. The molecule has 1 N–H and O–H groups in total. The molecule has 0 atom stereocenters. The third kappa shape index (κ3) is 4.04. The number of ether oxygens (including phenoxy) is 2. The van der Waals surface area contributed by atoms with Crippen LogP contribution < -0.4 is 15.0 Å². The van der Waals surface area contributed by atoms with E-state index >= 15 is 0 Å². The van der Waals surface area contributed by atoms with Crippen LogP contribution in [-0.4, -0.2) is 36.1 Å². The predicted octanol–water partition coefficient (Wildman–Crippen LogP) is 3.36. The van der Waals surface area contributed by atoms with Gasteiger partial charge in [-0.2, -0.15) is 0 Å². The molecule has 3 aromatic rings. The number of aromatic nitrogens is 2. The molecule has 0 aliphatic carbocycles. The van der Waals surface area contributed by atoms with E-state index in [4.69, 9.17) is 21.1 Å². The van der Waals surface area contributed by atoms with Crippen LogP contribution in [0.25, 0.3) is 10.9 Å². The molecule has 0 bridgehead atoms. The molecule has 1 aromatic heterocycles. The maximum atomic E-state index is 14.0. The second-order valence-corrected chi connectivity index (χ2v) is 6.52. The van der Waals surface area contributed by atoms with E-state index in [1.165, 1.54) is 20.3 Å². The molecule has 142 valence electrons. The fraction of sp³-hybridized carbons (Fsp3) is 0.263. The molecule has 0 radical (unpaired) electrons. The van der Waals surface area contributed by atoms with Crippen molar-refractivity contribution in [2.24, 2.45) is 0 Å². The van der Waals surface area contributed by atoms with Crippen LogP contribution in [0.2, 0.25) is 5.02 Å². The fourth-order valence-electron chi connectivity index (χ4n) is 2.85. The van der Waals surface area contributed by atoms with E-state index in [1.54, 1.807) is 31.3 Å². The average Bonchev–Trinajstić information content (AvgIpc) is 2.64. The zero-order valence-electron chi connectivity index (χ0n) is 15.2. The molecular formula is C19H19ClFN3O3. The van der Waals surface area contributed by atoms with Crippen LogP contribution >= 0.6 is 11.6 Å².